The van der Waals surface area contributed by atoms with Gasteiger partial charge in [-0.2, -0.15) is 4.31 Å². The van der Waals surface area contributed by atoms with Gasteiger partial charge in [-0.1, -0.05) is 30.3 Å². The number of nitrogens with zero attached hydrogens (tertiary/aromatic N) is 4. The summed E-state index contributed by atoms with van der Waals surface area (Å²) in [4.78, 5) is 23.7. The number of amides is 1. The quantitative estimate of drug-likeness (QED) is 0.315. The van der Waals surface area contributed by atoms with Crippen LogP contribution in [0.1, 0.15) is 48.8 Å². The lowest BCUT2D eigenvalue weighted by Crippen LogP contribution is -2.35. The van der Waals surface area contributed by atoms with E-state index in [1.165, 1.54) is 35.1 Å². The molecule has 1 amide bonds. The highest BCUT2D eigenvalue weighted by Crippen LogP contribution is 2.22. The molecule has 0 radical (unpaired) electrons. The molecule has 2 heterocycles. The SMILES string of the molecule is CC(=O)NCCCc1nnc(SCC(=O)c2ccc(S(=O)(=O)N3CCCCC3)cc2)n1C. The predicted octanol–water partition coefficient (Wildman–Crippen LogP) is 2.03. The third-order valence-corrected chi connectivity index (χ3v) is 8.27. The second-order valence-electron chi connectivity index (χ2n) is 7.75. The first-order valence-electron chi connectivity index (χ1n) is 10.7. The zero-order valence-corrected chi connectivity index (χ0v) is 20.0. The molecule has 3 rings (SSSR count). The van der Waals surface area contributed by atoms with Gasteiger partial charge in [-0.3, -0.25) is 9.59 Å². The Hall–Kier alpha value is -2.24. The summed E-state index contributed by atoms with van der Waals surface area (Å²) in [6, 6.07) is 6.17. The van der Waals surface area contributed by atoms with Crippen molar-refractivity contribution in [3.05, 3.63) is 35.7 Å². The number of rotatable bonds is 10. The minimum absolute atomic E-state index is 0.0603. The molecule has 0 unspecified atom stereocenters. The third-order valence-electron chi connectivity index (χ3n) is 5.34. The molecule has 1 aromatic heterocycles. The number of carbonyl (C=O) groups excluding carboxylic acids is 2. The van der Waals surface area contributed by atoms with Gasteiger partial charge in [0.05, 0.1) is 10.6 Å². The molecule has 0 atom stereocenters. The number of Topliss-reactive ketones (excluding diaryl/α,β-unsaturated/α-hetero) is 1. The van der Waals surface area contributed by atoms with E-state index in [1.807, 2.05) is 11.6 Å². The topological polar surface area (TPSA) is 114 Å². The van der Waals surface area contributed by atoms with Gasteiger partial charge >= 0.3 is 0 Å². The van der Waals surface area contributed by atoms with Gasteiger partial charge in [0.15, 0.2) is 10.9 Å². The Balaban J connectivity index is 1.55. The Kier molecular flexibility index (Phi) is 8.44. The highest BCUT2D eigenvalue weighted by atomic mass is 32.2. The van der Waals surface area contributed by atoms with Crippen molar-refractivity contribution in [2.45, 2.75) is 49.1 Å². The third kappa shape index (κ3) is 6.17. The fourth-order valence-electron chi connectivity index (χ4n) is 3.48. The first-order valence-corrected chi connectivity index (χ1v) is 13.1. The van der Waals surface area contributed by atoms with E-state index < -0.39 is 10.0 Å². The summed E-state index contributed by atoms with van der Waals surface area (Å²) in [6.07, 6.45) is 4.24. The van der Waals surface area contributed by atoms with Gasteiger partial charge in [0.1, 0.15) is 5.82 Å². The average Bonchev–Trinajstić information content (AvgIpc) is 3.15. The number of thioether (sulfide) groups is 1. The van der Waals surface area contributed by atoms with Crippen LogP contribution in [0, 0.1) is 0 Å². The van der Waals surface area contributed by atoms with Gasteiger partial charge in [0.25, 0.3) is 0 Å². The van der Waals surface area contributed by atoms with Crippen LogP contribution in [0.15, 0.2) is 34.3 Å². The van der Waals surface area contributed by atoms with Gasteiger partial charge in [0.2, 0.25) is 15.9 Å². The minimum atomic E-state index is -3.51. The number of hydrogen-bond donors (Lipinski definition) is 1. The second kappa shape index (κ2) is 11.1. The molecule has 11 heteroatoms. The summed E-state index contributed by atoms with van der Waals surface area (Å²) in [5.74, 6) is 0.801. The lowest BCUT2D eigenvalue weighted by atomic mass is 10.1. The van der Waals surface area contributed by atoms with Crippen molar-refractivity contribution in [1.82, 2.24) is 24.4 Å². The maximum absolute atomic E-state index is 12.7. The van der Waals surface area contributed by atoms with Gasteiger partial charge in [-0.05, 0) is 31.4 Å². The lowest BCUT2D eigenvalue weighted by Gasteiger charge is -2.25. The van der Waals surface area contributed by atoms with Crippen LogP contribution >= 0.6 is 11.8 Å². The van der Waals surface area contributed by atoms with Crippen LogP contribution in [0.5, 0.6) is 0 Å². The molecule has 1 N–H and O–H groups in total. The zero-order chi connectivity index (χ0) is 23.1. The number of carbonyl (C=O) groups is 2. The Morgan fingerprint density at radius 1 is 1.09 bits per heavy atom. The van der Waals surface area contributed by atoms with Crippen molar-refractivity contribution >= 4 is 33.5 Å². The molecule has 1 saturated heterocycles. The van der Waals surface area contributed by atoms with Gasteiger partial charge < -0.3 is 9.88 Å². The maximum atomic E-state index is 12.7. The number of aromatic nitrogens is 3. The number of sulfonamides is 1. The summed E-state index contributed by atoms with van der Waals surface area (Å²) < 4.78 is 28.9. The summed E-state index contributed by atoms with van der Waals surface area (Å²) in [6.45, 7) is 3.15. The molecule has 1 fully saturated rings. The molecular formula is C21H29N5O4S2. The Morgan fingerprint density at radius 2 is 1.78 bits per heavy atom. The number of benzene rings is 1. The molecule has 0 bridgehead atoms. The van der Waals surface area contributed by atoms with Gasteiger partial charge in [0, 0.05) is 45.6 Å². The summed E-state index contributed by atoms with van der Waals surface area (Å²) >= 11 is 1.29. The van der Waals surface area contributed by atoms with Crippen LogP contribution in [0.2, 0.25) is 0 Å². The van der Waals surface area contributed by atoms with Crippen molar-refractivity contribution in [3.63, 3.8) is 0 Å². The largest absolute Gasteiger partial charge is 0.356 e. The summed E-state index contributed by atoms with van der Waals surface area (Å²) in [5, 5.41) is 11.7. The fourth-order valence-corrected chi connectivity index (χ4v) is 5.82. The van der Waals surface area contributed by atoms with Crippen LogP contribution in [-0.4, -0.2) is 64.6 Å². The predicted molar refractivity (Wildman–Crippen MR) is 122 cm³/mol. The van der Waals surface area contributed by atoms with E-state index in [4.69, 9.17) is 0 Å². The molecule has 0 spiro atoms. The average molecular weight is 480 g/mol. The normalized spacial score (nSPS) is 14.9. The molecular weight excluding hydrogens is 450 g/mol. The molecule has 1 aliphatic heterocycles. The molecule has 9 nitrogen and oxygen atoms in total. The number of aryl methyl sites for hydroxylation is 1. The Morgan fingerprint density at radius 3 is 2.44 bits per heavy atom. The van der Waals surface area contributed by atoms with Crippen molar-refractivity contribution in [2.75, 3.05) is 25.4 Å². The standard InChI is InChI=1S/C21H29N5O4S2/c1-16(27)22-12-6-7-20-23-24-21(25(20)2)31-15-19(28)17-8-10-18(11-9-17)32(29,30)26-13-4-3-5-14-26/h8-11H,3-7,12-15H2,1-2H3,(H,22,27). The monoisotopic (exact) mass is 479 g/mol. The molecule has 32 heavy (non-hydrogen) atoms. The molecule has 174 valence electrons. The molecule has 0 aliphatic carbocycles. The van der Waals surface area contributed by atoms with E-state index >= 15 is 0 Å². The van der Waals surface area contributed by atoms with Crippen LogP contribution in [0.25, 0.3) is 0 Å². The van der Waals surface area contributed by atoms with Crippen LogP contribution in [-0.2, 0) is 28.3 Å². The Bertz CT molecular complexity index is 1040. The second-order valence-corrected chi connectivity index (χ2v) is 10.6. The molecule has 2 aromatic rings. The smallest absolute Gasteiger partial charge is 0.243 e. The van der Waals surface area contributed by atoms with E-state index in [0.717, 1.165) is 31.5 Å². The van der Waals surface area contributed by atoms with Crippen LogP contribution < -0.4 is 5.32 Å². The summed E-state index contributed by atoms with van der Waals surface area (Å²) in [5.41, 5.74) is 0.466. The number of hydrogen-bond acceptors (Lipinski definition) is 7. The van der Waals surface area contributed by atoms with Gasteiger partial charge in [-0.25, -0.2) is 8.42 Å². The molecule has 0 saturated carbocycles. The van der Waals surface area contributed by atoms with Crippen molar-refractivity contribution < 1.29 is 18.0 Å². The number of piperidine rings is 1. The first-order chi connectivity index (χ1) is 15.3. The zero-order valence-electron chi connectivity index (χ0n) is 18.4. The van der Waals surface area contributed by atoms with E-state index in [-0.39, 0.29) is 22.3 Å². The molecule has 1 aliphatic rings. The van der Waals surface area contributed by atoms with Crippen LogP contribution in [0.4, 0.5) is 0 Å². The van der Waals surface area contributed by atoms with E-state index in [1.54, 1.807) is 12.1 Å². The maximum Gasteiger partial charge on any atom is 0.243 e. The van der Waals surface area contributed by atoms with Crippen molar-refractivity contribution in [3.8, 4) is 0 Å². The lowest BCUT2D eigenvalue weighted by molar-refractivity contribution is -0.118. The Labute approximate surface area is 193 Å². The van der Waals surface area contributed by atoms with E-state index in [2.05, 4.69) is 15.5 Å². The van der Waals surface area contributed by atoms with Gasteiger partial charge in [-0.15, -0.1) is 10.2 Å². The first kappa shape index (κ1) is 24.4. The number of ketones is 1. The minimum Gasteiger partial charge on any atom is -0.356 e. The van der Waals surface area contributed by atoms with Crippen LogP contribution in [0.3, 0.4) is 0 Å². The van der Waals surface area contributed by atoms with Crippen molar-refractivity contribution in [1.29, 1.82) is 0 Å². The van der Waals surface area contributed by atoms with E-state index in [0.29, 0.717) is 36.8 Å². The van der Waals surface area contributed by atoms with E-state index in [9.17, 15) is 18.0 Å². The summed E-state index contributed by atoms with van der Waals surface area (Å²) in [7, 11) is -1.66. The highest BCUT2D eigenvalue weighted by molar-refractivity contribution is 7.99. The highest BCUT2D eigenvalue weighted by Gasteiger charge is 2.26. The fraction of sp³-hybridized carbons (Fsp3) is 0.524. The van der Waals surface area contributed by atoms with Crippen molar-refractivity contribution in [2.24, 2.45) is 7.05 Å². The number of nitrogens with one attached hydrogen (secondary N) is 1. The molecule has 1 aromatic carbocycles.